The average molecular weight is 302 g/mol. The van der Waals surface area contributed by atoms with E-state index in [9.17, 15) is 5.11 Å². The minimum Gasteiger partial charge on any atom is -0.493 e. The van der Waals surface area contributed by atoms with Crippen molar-refractivity contribution in [3.63, 3.8) is 0 Å². The van der Waals surface area contributed by atoms with Gasteiger partial charge in [-0.1, -0.05) is 18.2 Å². The molecule has 0 amide bonds. The van der Waals surface area contributed by atoms with E-state index in [4.69, 9.17) is 13.6 Å². The van der Waals surface area contributed by atoms with Gasteiger partial charge in [-0.2, -0.15) is 0 Å². The molecule has 22 heavy (non-hydrogen) atoms. The molecule has 1 spiro atoms. The van der Waals surface area contributed by atoms with Gasteiger partial charge in [0.2, 0.25) is 0 Å². The first-order chi connectivity index (χ1) is 11.9. The number of likely N-dealkylation sites (tertiary alicyclic amines) is 1. The van der Waals surface area contributed by atoms with Gasteiger partial charge in [-0.3, -0.25) is 0 Å². The van der Waals surface area contributed by atoms with Crippen LogP contribution in [0.2, 0.25) is 0 Å². The number of ether oxygens (including phenoxy) is 2. The molecule has 1 aromatic rings. The van der Waals surface area contributed by atoms with Gasteiger partial charge in [0.15, 0.2) is 11.5 Å². The number of rotatable bonds is 1. The average Bonchev–Trinajstić information content (AvgIpc) is 2.85. The summed E-state index contributed by atoms with van der Waals surface area (Å²) < 4.78 is 37.4. The number of methoxy groups -OCH3 is 1. The van der Waals surface area contributed by atoms with Gasteiger partial charge in [0.1, 0.15) is 12.2 Å². The van der Waals surface area contributed by atoms with E-state index in [1.165, 1.54) is 7.11 Å². The lowest BCUT2D eigenvalue weighted by Crippen LogP contribution is -2.64. The van der Waals surface area contributed by atoms with E-state index in [0.29, 0.717) is 18.6 Å². The zero-order chi connectivity index (χ0) is 17.7. The van der Waals surface area contributed by atoms with Crippen LogP contribution >= 0.6 is 0 Å². The van der Waals surface area contributed by atoms with Crippen molar-refractivity contribution in [2.75, 3.05) is 20.7 Å². The zero-order valence-electron chi connectivity index (χ0n) is 15.7. The molecule has 0 radical (unpaired) electrons. The fraction of sp³-hybridized carbons (Fsp3) is 0.556. The highest BCUT2D eigenvalue weighted by molar-refractivity contribution is 5.62. The second-order valence-corrected chi connectivity index (χ2v) is 6.76. The molecule has 2 aliphatic carbocycles. The highest BCUT2D eigenvalue weighted by Crippen LogP contribution is 2.62. The topological polar surface area (TPSA) is 41.9 Å². The molecule has 5 rings (SSSR count). The summed E-state index contributed by atoms with van der Waals surface area (Å²) in [5, 5.41) is 10.7. The molecule has 2 heterocycles. The van der Waals surface area contributed by atoms with Crippen LogP contribution in [0, 0.1) is 5.92 Å². The van der Waals surface area contributed by atoms with Crippen molar-refractivity contribution in [1.82, 2.24) is 4.90 Å². The van der Waals surface area contributed by atoms with E-state index >= 15 is 0 Å². The number of piperidine rings is 1. The third-order valence-electron chi connectivity index (χ3n) is 5.96. The molecule has 1 N–H and O–H groups in total. The van der Waals surface area contributed by atoms with Crippen LogP contribution in [0.5, 0.6) is 11.5 Å². The number of aliphatic hydroxyl groups is 1. The Hall–Kier alpha value is -1.52. The molecule has 5 atom stereocenters. The number of aliphatic hydroxyl groups excluding tert-OH is 1. The molecule has 116 valence electrons. The Balaban J connectivity index is 1.91. The first-order valence-corrected chi connectivity index (χ1v) is 7.83. The molecule has 1 aromatic carbocycles. The molecule has 4 heteroatoms. The van der Waals surface area contributed by atoms with Crippen molar-refractivity contribution in [3.8, 4) is 11.5 Å². The van der Waals surface area contributed by atoms with Crippen molar-refractivity contribution in [2.45, 2.75) is 36.5 Å². The lowest BCUT2D eigenvalue weighted by molar-refractivity contribution is -0.0453. The molecular formula is C18H21NO3. The van der Waals surface area contributed by atoms with Crippen LogP contribution < -0.4 is 9.47 Å². The van der Waals surface area contributed by atoms with E-state index in [0.717, 1.165) is 17.7 Å². The van der Waals surface area contributed by atoms with E-state index in [1.807, 2.05) is 6.08 Å². The second-order valence-electron chi connectivity index (χ2n) is 6.76. The summed E-state index contributed by atoms with van der Waals surface area (Å²) in [4.78, 5) is 2.27. The Labute approximate surface area is 134 Å². The third kappa shape index (κ3) is 1.28. The highest BCUT2D eigenvalue weighted by atomic mass is 16.5. The molecule has 4 aliphatic rings. The standard InChI is InChI=1S/C18H21NO3/c1-19-8-7-18-11-4-5-13(20)17(18)22-16-14(21-2)6-3-10(15(16)18)9-12(11)19/h3-6,11-13,17,20H,7-9H2,1-2H3/t11-,12+,13?,17?,18-/m0/s1/i3D,6D,17D. The summed E-state index contributed by atoms with van der Waals surface area (Å²) in [6, 6.07) is 0.295. The van der Waals surface area contributed by atoms with Gasteiger partial charge in [-0.25, -0.2) is 0 Å². The van der Waals surface area contributed by atoms with Gasteiger partial charge in [-0.15, -0.1) is 0 Å². The predicted octanol–water partition coefficient (Wildman–Crippen LogP) is 1.50. The molecule has 4 nitrogen and oxygen atoms in total. The van der Waals surface area contributed by atoms with Crippen molar-refractivity contribution in [1.29, 1.82) is 0 Å². The lowest BCUT2D eigenvalue weighted by Gasteiger charge is -2.56. The summed E-state index contributed by atoms with van der Waals surface area (Å²) in [5.74, 6) is 0.647. The molecule has 0 saturated carbocycles. The number of hydrogen-bond acceptors (Lipinski definition) is 4. The molecule has 1 fully saturated rings. The Bertz CT molecular complexity index is 829. The van der Waals surface area contributed by atoms with Crippen LogP contribution in [0.3, 0.4) is 0 Å². The third-order valence-corrected chi connectivity index (χ3v) is 5.96. The Kier molecular flexibility index (Phi) is 1.90. The quantitative estimate of drug-likeness (QED) is 0.798. The monoisotopic (exact) mass is 302 g/mol. The van der Waals surface area contributed by atoms with E-state index in [2.05, 4.69) is 11.9 Å². The maximum atomic E-state index is 10.7. The van der Waals surface area contributed by atoms with Gasteiger partial charge >= 0.3 is 0 Å². The molecule has 1 saturated heterocycles. The van der Waals surface area contributed by atoms with Crippen LogP contribution in [0.15, 0.2) is 24.2 Å². The number of hydrogen-bond donors (Lipinski definition) is 1. The number of likely N-dealkylation sites (N-methyl/N-ethyl adjacent to an activating group) is 1. The van der Waals surface area contributed by atoms with Crippen molar-refractivity contribution < 1.29 is 18.7 Å². The van der Waals surface area contributed by atoms with Crippen molar-refractivity contribution in [3.05, 3.63) is 35.4 Å². The predicted molar refractivity (Wildman–Crippen MR) is 82.5 cm³/mol. The Morgan fingerprint density at radius 2 is 2.36 bits per heavy atom. The Morgan fingerprint density at radius 1 is 1.50 bits per heavy atom. The molecule has 2 unspecified atom stereocenters. The maximum Gasteiger partial charge on any atom is 0.165 e. The fourth-order valence-electron chi connectivity index (χ4n) is 4.98. The molecule has 2 aliphatic heterocycles. The first kappa shape index (κ1) is 10.3. The van der Waals surface area contributed by atoms with Crippen molar-refractivity contribution in [2.24, 2.45) is 5.92 Å². The highest BCUT2D eigenvalue weighted by Gasteiger charge is 2.64. The van der Waals surface area contributed by atoms with Crippen LogP contribution in [-0.4, -0.2) is 48.9 Å². The Morgan fingerprint density at radius 3 is 3.18 bits per heavy atom. The largest absolute Gasteiger partial charge is 0.493 e. The summed E-state index contributed by atoms with van der Waals surface area (Å²) in [7, 11) is 3.53. The van der Waals surface area contributed by atoms with Gasteiger partial charge in [0, 0.05) is 22.9 Å². The van der Waals surface area contributed by atoms with Crippen LogP contribution in [0.25, 0.3) is 0 Å². The summed E-state index contributed by atoms with van der Waals surface area (Å²) >= 11 is 0. The van der Waals surface area contributed by atoms with Crippen LogP contribution in [-0.2, 0) is 11.8 Å². The number of nitrogens with zero attached hydrogens (tertiary/aromatic N) is 1. The zero-order valence-corrected chi connectivity index (χ0v) is 12.7. The van der Waals surface area contributed by atoms with E-state index in [1.54, 1.807) is 6.08 Å². The van der Waals surface area contributed by atoms with Crippen LogP contribution in [0.1, 0.15) is 21.7 Å². The van der Waals surface area contributed by atoms with Crippen LogP contribution in [0.4, 0.5) is 0 Å². The minimum atomic E-state index is -1.54. The second kappa shape index (κ2) is 4.06. The lowest BCUT2D eigenvalue weighted by atomic mass is 9.53. The molecule has 2 bridgehead atoms. The number of benzene rings is 1. The fourth-order valence-corrected chi connectivity index (χ4v) is 4.98. The smallest absolute Gasteiger partial charge is 0.165 e. The maximum absolute atomic E-state index is 10.7. The SMILES string of the molecule is [2H]c1c([2H])c(OC)c2c3c1C[C@@H]1[C@@H]4C=CC(O)C([2H])(O2)[C@]34CCN1C. The van der Waals surface area contributed by atoms with Gasteiger partial charge in [-0.05, 0) is 38.0 Å². The van der Waals surface area contributed by atoms with Crippen molar-refractivity contribution >= 4 is 0 Å². The summed E-state index contributed by atoms with van der Waals surface area (Å²) in [5.41, 5.74) is 0.918. The summed E-state index contributed by atoms with van der Waals surface area (Å²) in [6.45, 7) is 0.808. The minimum absolute atomic E-state index is 0.00322. The van der Waals surface area contributed by atoms with Gasteiger partial charge in [0.05, 0.1) is 11.2 Å². The van der Waals surface area contributed by atoms with E-state index < -0.39 is 17.6 Å². The van der Waals surface area contributed by atoms with E-state index in [-0.39, 0.29) is 29.8 Å². The molecule has 0 aromatic heterocycles. The van der Waals surface area contributed by atoms with Gasteiger partial charge in [0.25, 0.3) is 0 Å². The normalized spacial score (nSPS) is 46.3. The van der Waals surface area contributed by atoms with Gasteiger partial charge < -0.3 is 19.5 Å². The summed E-state index contributed by atoms with van der Waals surface area (Å²) in [6.07, 6.45) is 2.43. The molecular weight excluding hydrogens is 278 g/mol. The first-order valence-electron chi connectivity index (χ1n) is 9.33.